The van der Waals surface area contributed by atoms with Gasteiger partial charge in [-0.25, -0.2) is 4.79 Å². The van der Waals surface area contributed by atoms with Crippen LogP contribution in [0.15, 0.2) is 0 Å². The fourth-order valence-corrected chi connectivity index (χ4v) is 2.67. The van der Waals surface area contributed by atoms with E-state index >= 15 is 0 Å². The van der Waals surface area contributed by atoms with Crippen LogP contribution in [-0.4, -0.2) is 46.4 Å². The first-order valence-electron chi connectivity index (χ1n) is 7.69. The molecule has 120 valence electrons. The van der Waals surface area contributed by atoms with E-state index in [0.29, 0.717) is 25.8 Å². The third kappa shape index (κ3) is 5.02. The monoisotopic (exact) mass is 298 g/mol. The molecule has 1 aliphatic heterocycles. The molecule has 2 amide bonds. The Morgan fingerprint density at radius 1 is 1.29 bits per heavy atom. The summed E-state index contributed by atoms with van der Waals surface area (Å²) >= 11 is 0. The van der Waals surface area contributed by atoms with Crippen LogP contribution in [0, 0.1) is 5.92 Å². The van der Waals surface area contributed by atoms with Gasteiger partial charge in [0.15, 0.2) is 0 Å². The average molecular weight is 298 g/mol. The van der Waals surface area contributed by atoms with E-state index < -0.39 is 18.1 Å². The third-order valence-corrected chi connectivity index (χ3v) is 3.75. The van der Waals surface area contributed by atoms with E-state index in [1.807, 2.05) is 13.8 Å². The highest BCUT2D eigenvalue weighted by Crippen LogP contribution is 2.18. The minimum Gasteiger partial charge on any atom is -0.480 e. The van der Waals surface area contributed by atoms with Crippen LogP contribution in [0.5, 0.6) is 0 Å². The van der Waals surface area contributed by atoms with Crippen LogP contribution in [0.3, 0.4) is 0 Å². The maximum Gasteiger partial charge on any atom is 0.326 e. The number of rotatable bonds is 6. The molecule has 6 nitrogen and oxygen atoms in total. The second kappa shape index (κ2) is 8.00. The molecule has 1 aliphatic rings. The molecule has 1 unspecified atom stereocenters. The van der Waals surface area contributed by atoms with E-state index in [-0.39, 0.29) is 17.7 Å². The number of carboxylic acid groups (broad SMARTS) is 1. The Bertz CT molecular complexity index is 395. The maximum absolute atomic E-state index is 12.4. The Kier molecular flexibility index (Phi) is 6.65. The number of carbonyl (C=O) groups excluding carboxylic acids is 2. The molecular weight excluding hydrogens is 272 g/mol. The van der Waals surface area contributed by atoms with Crippen molar-refractivity contribution in [1.29, 1.82) is 0 Å². The lowest BCUT2D eigenvalue weighted by atomic mass is 9.99. The van der Waals surface area contributed by atoms with E-state index in [1.54, 1.807) is 11.8 Å². The molecule has 1 saturated heterocycles. The lowest BCUT2D eigenvalue weighted by Crippen LogP contribution is -2.55. The molecule has 2 atom stereocenters. The molecule has 0 saturated carbocycles. The molecule has 0 aromatic rings. The number of nitrogens with zero attached hydrogens (tertiary/aromatic N) is 1. The summed E-state index contributed by atoms with van der Waals surface area (Å²) in [5, 5.41) is 11.8. The van der Waals surface area contributed by atoms with Crippen molar-refractivity contribution in [2.75, 3.05) is 6.54 Å². The fourth-order valence-electron chi connectivity index (χ4n) is 2.67. The highest BCUT2D eigenvalue weighted by atomic mass is 16.4. The van der Waals surface area contributed by atoms with Crippen LogP contribution in [-0.2, 0) is 14.4 Å². The van der Waals surface area contributed by atoms with Crippen LogP contribution in [0.1, 0.15) is 52.9 Å². The van der Waals surface area contributed by atoms with Gasteiger partial charge < -0.3 is 15.3 Å². The standard InChI is InChI=1S/C15H26N2O4/c1-4-13(18)17-8-6-5-7-12(17)14(19)16-11(15(20)21)9-10(2)3/h10-12H,4-9H2,1-3H3,(H,16,19)(H,20,21)/t11-,12?/m1/s1. The van der Waals surface area contributed by atoms with Crippen LogP contribution in [0.4, 0.5) is 0 Å². The molecule has 0 spiro atoms. The van der Waals surface area contributed by atoms with Gasteiger partial charge in [-0.2, -0.15) is 0 Å². The summed E-state index contributed by atoms with van der Waals surface area (Å²) in [7, 11) is 0. The molecule has 0 aliphatic carbocycles. The molecule has 0 bridgehead atoms. The van der Waals surface area contributed by atoms with Gasteiger partial charge in [0.25, 0.3) is 0 Å². The summed E-state index contributed by atoms with van der Waals surface area (Å²) in [6.45, 7) is 6.17. The number of likely N-dealkylation sites (tertiary alicyclic amines) is 1. The predicted molar refractivity (Wildman–Crippen MR) is 78.7 cm³/mol. The van der Waals surface area contributed by atoms with E-state index in [1.165, 1.54) is 0 Å². The Morgan fingerprint density at radius 3 is 2.48 bits per heavy atom. The molecule has 1 heterocycles. The number of carbonyl (C=O) groups is 3. The Morgan fingerprint density at radius 2 is 1.95 bits per heavy atom. The van der Waals surface area contributed by atoms with Crippen molar-refractivity contribution in [3.63, 3.8) is 0 Å². The van der Waals surface area contributed by atoms with Crippen molar-refractivity contribution in [1.82, 2.24) is 10.2 Å². The predicted octanol–water partition coefficient (Wildman–Crippen LogP) is 1.39. The van der Waals surface area contributed by atoms with Crippen LogP contribution in [0.2, 0.25) is 0 Å². The van der Waals surface area contributed by atoms with E-state index in [4.69, 9.17) is 0 Å². The average Bonchev–Trinajstić information content (AvgIpc) is 2.45. The van der Waals surface area contributed by atoms with Gasteiger partial charge in [0.05, 0.1) is 0 Å². The first-order chi connectivity index (χ1) is 9.86. The number of hydrogen-bond donors (Lipinski definition) is 2. The summed E-state index contributed by atoms with van der Waals surface area (Å²) in [4.78, 5) is 37.1. The minimum atomic E-state index is -1.03. The third-order valence-electron chi connectivity index (χ3n) is 3.75. The second-order valence-corrected chi connectivity index (χ2v) is 5.98. The summed E-state index contributed by atoms with van der Waals surface area (Å²) in [6.07, 6.45) is 3.12. The molecule has 0 radical (unpaired) electrons. The van der Waals surface area contributed by atoms with Gasteiger partial charge in [-0.1, -0.05) is 20.8 Å². The van der Waals surface area contributed by atoms with Crippen molar-refractivity contribution in [3.05, 3.63) is 0 Å². The lowest BCUT2D eigenvalue weighted by Gasteiger charge is -2.35. The normalized spacial score (nSPS) is 20.2. The molecule has 0 aromatic heterocycles. The van der Waals surface area contributed by atoms with Gasteiger partial charge in [-0.3, -0.25) is 9.59 Å². The SMILES string of the molecule is CCC(=O)N1CCCCC1C(=O)N[C@H](CC(C)C)C(=O)O. The number of nitrogens with one attached hydrogen (secondary N) is 1. The number of hydrogen-bond acceptors (Lipinski definition) is 3. The van der Waals surface area contributed by atoms with Gasteiger partial charge in [0, 0.05) is 13.0 Å². The zero-order valence-corrected chi connectivity index (χ0v) is 13.1. The maximum atomic E-state index is 12.4. The van der Waals surface area contributed by atoms with E-state index in [2.05, 4.69) is 5.32 Å². The molecule has 2 N–H and O–H groups in total. The van der Waals surface area contributed by atoms with Crippen molar-refractivity contribution in [2.45, 2.75) is 65.0 Å². The quantitative estimate of drug-likeness (QED) is 0.776. The molecule has 1 fully saturated rings. The van der Waals surface area contributed by atoms with Crippen molar-refractivity contribution in [3.8, 4) is 0 Å². The number of amides is 2. The minimum absolute atomic E-state index is 0.0504. The van der Waals surface area contributed by atoms with Gasteiger partial charge in [0.1, 0.15) is 12.1 Å². The van der Waals surface area contributed by atoms with Crippen molar-refractivity contribution < 1.29 is 19.5 Å². The largest absolute Gasteiger partial charge is 0.480 e. The van der Waals surface area contributed by atoms with E-state index in [9.17, 15) is 19.5 Å². The Hall–Kier alpha value is -1.59. The van der Waals surface area contributed by atoms with Gasteiger partial charge in [0.2, 0.25) is 11.8 Å². The molecule has 21 heavy (non-hydrogen) atoms. The van der Waals surface area contributed by atoms with Crippen LogP contribution >= 0.6 is 0 Å². The highest BCUT2D eigenvalue weighted by Gasteiger charge is 2.33. The van der Waals surface area contributed by atoms with Crippen molar-refractivity contribution in [2.24, 2.45) is 5.92 Å². The number of carboxylic acids is 1. The Balaban J connectivity index is 2.74. The molecule has 6 heteroatoms. The summed E-state index contributed by atoms with van der Waals surface area (Å²) in [5.74, 6) is -1.25. The van der Waals surface area contributed by atoms with Crippen molar-refractivity contribution >= 4 is 17.8 Å². The van der Waals surface area contributed by atoms with Gasteiger partial charge in [-0.05, 0) is 31.6 Å². The zero-order chi connectivity index (χ0) is 16.0. The second-order valence-electron chi connectivity index (χ2n) is 5.98. The highest BCUT2D eigenvalue weighted by molar-refractivity contribution is 5.90. The van der Waals surface area contributed by atoms with Crippen LogP contribution in [0.25, 0.3) is 0 Å². The Labute approximate surface area is 125 Å². The topological polar surface area (TPSA) is 86.7 Å². The van der Waals surface area contributed by atoms with Crippen LogP contribution < -0.4 is 5.32 Å². The first-order valence-corrected chi connectivity index (χ1v) is 7.69. The fraction of sp³-hybridized carbons (Fsp3) is 0.800. The van der Waals surface area contributed by atoms with Gasteiger partial charge in [-0.15, -0.1) is 0 Å². The summed E-state index contributed by atoms with van der Waals surface area (Å²) < 4.78 is 0. The molecular formula is C15H26N2O4. The van der Waals surface area contributed by atoms with E-state index in [0.717, 1.165) is 12.8 Å². The molecule has 0 aromatic carbocycles. The summed E-state index contributed by atoms with van der Waals surface area (Å²) in [6, 6.07) is -1.42. The zero-order valence-electron chi connectivity index (χ0n) is 13.1. The molecule has 1 rings (SSSR count). The smallest absolute Gasteiger partial charge is 0.326 e. The number of piperidine rings is 1. The lowest BCUT2D eigenvalue weighted by molar-refractivity contribution is -0.146. The summed E-state index contributed by atoms with van der Waals surface area (Å²) in [5.41, 5.74) is 0. The van der Waals surface area contributed by atoms with Gasteiger partial charge >= 0.3 is 5.97 Å². The first kappa shape index (κ1) is 17.5. The number of aliphatic carboxylic acids is 1.